The van der Waals surface area contributed by atoms with E-state index in [9.17, 15) is 4.79 Å². The zero-order valence-corrected chi connectivity index (χ0v) is 14.7. The van der Waals surface area contributed by atoms with Crippen molar-refractivity contribution in [3.05, 3.63) is 27.8 Å². The molecule has 2 heterocycles. The van der Waals surface area contributed by atoms with E-state index in [1.165, 1.54) is 6.42 Å². The Bertz CT molecular complexity index is 652. The number of carbonyl (C=O) groups excluding carboxylic acids is 1. The molecule has 3 rings (SSSR count). The minimum Gasteiger partial charge on any atom is -0.484 e. The van der Waals surface area contributed by atoms with Gasteiger partial charge in [-0.2, -0.15) is 4.98 Å². The highest BCUT2D eigenvalue weighted by Gasteiger charge is 2.16. The molecule has 0 aliphatic carbocycles. The molecule has 8 heteroatoms. The Morgan fingerprint density at radius 2 is 2.00 bits per heavy atom. The molecule has 1 aromatic heterocycles. The van der Waals surface area contributed by atoms with E-state index in [0.29, 0.717) is 17.6 Å². The fraction of sp³-hybridized carbons (Fsp3) is 0.400. The second kappa shape index (κ2) is 7.62. The van der Waals surface area contributed by atoms with Gasteiger partial charge in [-0.1, -0.05) is 0 Å². The molecule has 7 nitrogen and oxygen atoms in total. The molecule has 1 aliphatic heterocycles. The van der Waals surface area contributed by atoms with Crippen LogP contribution in [0.3, 0.4) is 0 Å². The van der Waals surface area contributed by atoms with Gasteiger partial charge in [0.2, 0.25) is 11.9 Å². The van der Waals surface area contributed by atoms with Crippen LogP contribution < -0.4 is 15.0 Å². The predicted molar refractivity (Wildman–Crippen MR) is 95.7 cm³/mol. The van der Waals surface area contributed by atoms with Crippen molar-refractivity contribution in [3.8, 4) is 5.75 Å². The van der Waals surface area contributed by atoms with Crippen molar-refractivity contribution in [1.29, 1.82) is 0 Å². The topological polar surface area (TPSA) is 83.1 Å². The van der Waals surface area contributed by atoms with Crippen LogP contribution in [0, 0.1) is 3.57 Å². The van der Waals surface area contributed by atoms with Crippen LogP contribution in [0.2, 0.25) is 0 Å². The summed E-state index contributed by atoms with van der Waals surface area (Å²) >= 11 is 2.22. The van der Waals surface area contributed by atoms with Gasteiger partial charge in [0.25, 0.3) is 5.91 Å². The van der Waals surface area contributed by atoms with Crippen LogP contribution in [-0.2, 0) is 4.79 Å². The lowest BCUT2D eigenvalue weighted by molar-refractivity contribution is -0.118. The summed E-state index contributed by atoms with van der Waals surface area (Å²) < 4.78 is 6.55. The highest BCUT2D eigenvalue weighted by molar-refractivity contribution is 14.1. The van der Waals surface area contributed by atoms with Gasteiger partial charge in [0, 0.05) is 16.7 Å². The number of piperidine rings is 1. The van der Waals surface area contributed by atoms with Gasteiger partial charge in [-0.25, -0.2) is 5.10 Å². The highest BCUT2D eigenvalue weighted by atomic mass is 127. The number of hydrogen-bond donors (Lipinski definition) is 2. The molecule has 0 unspecified atom stereocenters. The van der Waals surface area contributed by atoms with E-state index in [1.807, 2.05) is 24.3 Å². The van der Waals surface area contributed by atoms with Crippen LogP contribution in [0.5, 0.6) is 5.75 Å². The van der Waals surface area contributed by atoms with E-state index in [-0.39, 0.29) is 12.5 Å². The number of ether oxygens (including phenoxy) is 1. The summed E-state index contributed by atoms with van der Waals surface area (Å²) in [7, 11) is 0. The summed E-state index contributed by atoms with van der Waals surface area (Å²) in [6, 6.07) is 7.51. The predicted octanol–water partition coefficient (Wildman–Crippen LogP) is 2.42. The zero-order valence-electron chi connectivity index (χ0n) is 12.6. The van der Waals surface area contributed by atoms with Gasteiger partial charge in [-0.05, 0) is 66.1 Å². The van der Waals surface area contributed by atoms with Gasteiger partial charge in [0.05, 0.1) is 0 Å². The molecule has 1 saturated heterocycles. The standard InChI is InChI=1S/C15H18IN5O2/c16-11-4-6-12(7-5-11)23-10-13(22)17-14-18-15(20-19-14)21-8-2-1-3-9-21/h4-7H,1-3,8-10H2,(H2,17,18,19,20,22). The Morgan fingerprint density at radius 3 is 2.74 bits per heavy atom. The number of nitrogens with zero attached hydrogens (tertiary/aromatic N) is 3. The number of hydrogen-bond acceptors (Lipinski definition) is 5. The monoisotopic (exact) mass is 427 g/mol. The summed E-state index contributed by atoms with van der Waals surface area (Å²) in [5.41, 5.74) is 0. The molecule has 2 aromatic rings. The molecule has 0 atom stereocenters. The van der Waals surface area contributed by atoms with Gasteiger partial charge >= 0.3 is 0 Å². The van der Waals surface area contributed by atoms with E-state index in [4.69, 9.17) is 4.74 Å². The smallest absolute Gasteiger partial charge is 0.264 e. The normalized spacial score (nSPS) is 14.6. The van der Waals surface area contributed by atoms with E-state index < -0.39 is 0 Å². The van der Waals surface area contributed by atoms with Crippen LogP contribution in [0.25, 0.3) is 0 Å². The van der Waals surface area contributed by atoms with Crippen LogP contribution in [0.4, 0.5) is 11.9 Å². The van der Waals surface area contributed by atoms with Crippen molar-refractivity contribution in [2.24, 2.45) is 0 Å². The third kappa shape index (κ3) is 4.57. The first-order valence-corrected chi connectivity index (χ1v) is 8.64. The van der Waals surface area contributed by atoms with Gasteiger partial charge in [0.1, 0.15) is 5.75 Å². The average molecular weight is 427 g/mol. The molecule has 0 radical (unpaired) electrons. The minimum absolute atomic E-state index is 0.0691. The SMILES string of the molecule is O=C(COc1ccc(I)cc1)Nc1nc(N2CCCCC2)n[nH]1. The first kappa shape index (κ1) is 16.0. The van der Waals surface area contributed by atoms with Crippen LogP contribution in [0.15, 0.2) is 24.3 Å². The van der Waals surface area contributed by atoms with Gasteiger partial charge in [-0.3, -0.25) is 10.1 Å². The summed E-state index contributed by atoms with van der Waals surface area (Å²) in [6.45, 7) is 1.85. The molecule has 23 heavy (non-hydrogen) atoms. The lowest BCUT2D eigenvalue weighted by atomic mass is 10.1. The fourth-order valence-corrected chi connectivity index (χ4v) is 2.75. The lowest BCUT2D eigenvalue weighted by Gasteiger charge is -2.24. The lowest BCUT2D eigenvalue weighted by Crippen LogP contribution is -2.30. The Morgan fingerprint density at radius 1 is 1.26 bits per heavy atom. The van der Waals surface area contributed by atoms with Crippen LogP contribution >= 0.6 is 22.6 Å². The Hall–Kier alpha value is -1.84. The number of halogens is 1. The van der Waals surface area contributed by atoms with Crippen LogP contribution in [0.1, 0.15) is 19.3 Å². The third-order valence-corrected chi connectivity index (χ3v) is 4.27. The Balaban J connectivity index is 1.49. The number of aromatic nitrogens is 3. The average Bonchev–Trinajstić information content (AvgIpc) is 3.04. The summed E-state index contributed by atoms with van der Waals surface area (Å²) in [5, 5.41) is 9.56. The quantitative estimate of drug-likeness (QED) is 0.717. The molecule has 122 valence electrons. The maximum Gasteiger partial charge on any atom is 0.264 e. The van der Waals surface area contributed by atoms with Gasteiger partial charge in [-0.15, -0.1) is 5.10 Å². The molecular formula is C15H18IN5O2. The number of benzene rings is 1. The molecule has 0 saturated carbocycles. The number of anilines is 2. The van der Waals surface area contributed by atoms with Crippen molar-refractivity contribution < 1.29 is 9.53 Å². The molecule has 1 fully saturated rings. The van der Waals surface area contributed by atoms with Crippen molar-refractivity contribution >= 4 is 40.4 Å². The number of aromatic amines is 1. The third-order valence-electron chi connectivity index (χ3n) is 3.55. The Labute approximate surface area is 148 Å². The van der Waals surface area contributed by atoms with Gasteiger partial charge in [0.15, 0.2) is 6.61 Å². The van der Waals surface area contributed by atoms with E-state index >= 15 is 0 Å². The Kier molecular flexibility index (Phi) is 5.31. The first-order valence-electron chi connectivity index (χ1n) is 7.56. The number of nitrogens with one attached hydrogen (secondary N) is 2. The van der Waals surface area contributed by atoms with Crippen LogP contribution in [-0.4, -0.2) is 40.8 Å². The maximum atomic E-state index is 11.9. The molecule has 1 aliphatic rings. The number of carbonyl (C=O) groups is 1. The zero-order chi connectivity index (χ0) is 16.1. The van der Waals surface area contributed by atoms with E-state index in [0.717, 1.165) is 29.5 Å². The highest BCUT2D eigenvalue weighted by Crippen LogP contribution is 2.16. The summed E-state index contributed by atoms with van der Waals surface area (Å²) in [4.78, 5) is 18.3. The van der Waals surface area contributed by atoms with E-state index in [2.05, 4.69) is 48.0 Å². The first-order chi connectivity index (χ1) is 11.2. The number of H-pyrrole nitrogens is 1. The molecule has 0 spiro atoms. The second-order valence-corrected chi connectivity index (χ2v) is 6.57. The van der Waals surface area contributed by atoms with Gasteiger partial charge < -0.3 is 9.64 Å². The van der Waals surface area contributed by atoms with E-state index in [1.54, 1.807) is 0 Å². The maximum absolute atomic E-state index is 11.9. The number of rotatable bonds is 5. The molecule has 2 N–H and O–H groups in total. The molecule has 1 amide bonds. The van der Waals surface area contributed by atoms with Crippen molar-refractivity contribution in [2.45, 2.75) is 19.3 Å². The molecule has 0 bridgehead atoms. The van der Waals surface area contributed by atoms with Crippen molar-refractivity contribution in [1.82, 2.24) is 15.2 Å². The fourth-order valence-electron chi connectivity index (χ4n) is 2.39. The molecule has 1 aromatic carbocycles. The summed E-state index contributed by atoms with van der Waals surface area (Å²) in [6.07, 6.45) is 3.56. The van der Waals surface area contributed by atoms with Crippen molar-refractivity contribution in [2.75, 3.05) is 29.9 Å². The minimum atomic E-state index is -0.273. The molecular weight excluding hydrogens is 409 g/mol. The van der Waals surface area contributed by atoms with Crippen molar-refractivity contribution in [3.63, 3.8) is 0 Å². The second-order valence-electron chi connectivity index (χ2n) is 5.32. The number of amides is 1. The summed E-state index contributed by atoms with van der Waals surface area (Å²) in [5.74, 6) is 1.37. The largest absolute Gasteiger partial charge is 0.484 e.